The molecule has 6 heteroatoms. The van der Waals surface area contributed by atoms with Gasteiger partial charge in [0, 0.05) is 51.9 Å². The van der Waals surface area contributed by atoms with Gasteiger partial charge in [0.05, 0.1) is 25.2 Å². The third kappa shape index (κ3) is 3.88. The number of piperazine rings is 1. The molecule has 0 aliphatic carbocycles. The van der Waals surface area contributed by atoms with Gasteiger partial charge in [-0.25, -0.2) is 0 Å². The van der Waals surface area contributed by atoms with Crippen molar-refractivity contribution < 1.29 is 14.6 Å². The van der Waals surface area contributed by atoms with Crippen molar-refractivity contribution in [3.8, 4) is 0 Å². The number of amides is 1. The Kier molecular flexibility index (Phi) is 5.38. The highest BCUT2D eigenvalue weighted by Crippen LogP contribution is 2.28. The first-order valence-electron chi connectivity index (χ1n) is 8.60. The number of carbonyl (C=O) groups excluding carboxylic acids is 1. The molecular weight excluding hydrogens is 306 g/mol. The molecule has 1 amide bonds. The summed E-state index contributed by atoms with van der Waals surface area (Å²) in [5.41, 5.74) is 2.23. The van der Waals surface area contributed by atoms with E-state index < -0.39 is 0 Å². The zero-order valence-corrected chi connectivity index (χ0v) is 14.3. The van der Waals surface area contributed by atoms with Gasteiger partial charge in [-0.05, 0) is 11.6 Å². The van der Waals surface area contributed by atoms with Gasteiger partial charge in [0.2, 0.25) is 5.91 Å². The van der Waals surface area contributed by atoms with Gasteiger partial charge in [0.25, 0.3) is 0 Å². The Hall–Kier alpha value is -1.63. The molecule has 2 N–H and O–H groups in total. The number of para-hydroxylation sites is 1. The summed E-state index contributed by atoms with van der Waals surface area (Å²) in [5, 5.41) is 13.0. The molecule has 2 aliphatic rings. The van der Waals surface area contributed by atoms with Crippen molar-refractivity contribution in [2.45, 2.75) is 13.5 Å². The van der Waals surface area contributed by atoms with Crippen LogP contribution in [-0.2, 0) is 16.1 Å². The van der Waals surface area contributed by atoms with Crippen LogP contribution in [0.2, 0.25) is 0 Å². The van der Waals surface area contributed by atoms with Gasteiger partial charge in [-0.3, -0.25) is 9.69 Å². The molecule has 0 unspecified atom stereocenters. The predicted molar refractivity (Wildman–Crippen MR) is 92.8 cm³/mol. The van der Waals surface area contributed by atoms with Gasteiger partial charge < -0.3 is 20.1 Å². The van der Waals surface area contributed by atoms with Crippen LogP contribution in [0.4, 0.5) is 5.69 Å². The Balaban J connectivity index is 1.57. The van der Waals surface area contributed by atoms with Crippen LogP contribution in [0.1, 0.15) is 12.5 Å². The number of nitrogens with zero attached hydrogens (tertiary/aromatic N) is 2. The van der Waals surface area contributed by atoms with E-state index in [4.69, 9.17) is 4.74 Å². The summed E-state index contributed by atoms with van der Waals surface area (Å²) in [5.74, 6) is 0.161. The molecule has 2 heterocycles. The van der Waals surface area contributed by atoms with Crippen LogP contribution < -0.4 is 5.32 Å². The van der Waals surface area contributed by atoms with Crippen molar-refractivity contribution >= 4 is 11.6 Å². The van der Waals surface area contributed by atoms with Crippen LogP contribution >= 0.6 is 0 Å². The molecule has 1 aromatic rings. The first-order valence-corrected chi connectivity index (χ1v) is 8.60. The Labute approximate surface area is 143 Å². The summed E-state index contributed by atoms with van der Waals surface area (Å²) in [7, 11) is 0. The lowest BCUT2D eigenvalue weighted by molar-refractivity contribution is -0.130. The van der Waals surface area contributed by atoms with Crippen molar-refractivity contribution in [1.29, 1.82) is 0 Å². The maximum absolute atomic E-state index is 11.4. The average molecular weight is 333 g/mol. The molecule has 0 bridgehead atoms. The lowest BCUT2D eigenvalue weighted by Crippen LogP contribution is -2.50. The molecule has 0 saturated carbocycles. The second kappa shape index (κ2) is 7.51. The van der Waals surface area contributed by atoms with E-state index in [-0.39, 0.29) is 17.9 Å². The molecule has 24 heavy (non-hydrogen) atoms. The van der Waals surface area contributed by atoms with E-state index >= 15 is 0 Å². The zero-order chi connectivity index (χ0) is 17.0. The zero-order valence-electron chi connectivity index (χ0n) is 14.3. The number of anilines is 1. The molecule has 0 atom stereocenters. The predicted octanol–water partition coefficient (Wildman–Crippen LogP) is 0.772. The van der Waals surface area contributed by atoms with Crippen LogP contribution in [-0.4, -0.2) is 73.4 Å². The van der Waals surface area contributed by atoms with Gasteiger partial charge in [-0.2, -0.15) is 0 Å². The summed E-state index contributed by atoms with van der Waals surface area (Å²) in [6.07, 6.45) is 0. The van der Waals surface area contributed by atoms with Crippen molar-refractivity contribution in [1.82, 2.24) is 9.80 Å². The lowest BCUT2D eigenvalue weighted by atomic mass is 9.87. The average Bonchev–Trinajstić information content (AvgIpc) is 2.56. The molecule has 2 saturated heterocycles. The van der Waals surface area contributed by atoms with E-state index in [1.54, 1.807) is 6.92 Å². The van der Waals surface area contributed by atoms with Gasteiger partial charge in [0.1, 0.15) is 0 Å². The number of ether oxygens (including phenoxy) is 1. The Bertz CT molecular complexity index is 561. The number of nitrogens with one attached hydrogen (secondary N) is 1. The Morgan fingerprint density at radius 2 is 1.96 bits per heavy atom. The molecule has 6 nitrogen and oxygen atoms in total. The maximum atomic E-state index is 11.4. The second-order valence-electron chi connectivity index (χ2n) is 6.94. The molecule has 2 fully saturated rings. The third-order valence-electron chi connectivity index (χ3n) is 5.03. The van der Waals surface area contributed by atoms with Crippen molar-refractivity contribution in [2.24, 2.45) is 5.41 Å². The number of aliphatic hydroxyl groups is 1. The number of benzene rings is 1. The molecule has 1 aromatic carbocycles. The summed E-state index contributed by atoms with van der Waals surface area (Å²) in [6, 6.07) is 8.32. The molecule has 0 radical (unpaired) electrons. The number of hydrogen-bond acceptors (Lipinski definition) is 5. The summed E-state index contributed by atoms with van der Waals surface area (Å²) >= 11 is 0. The van der Waals surface area contributed by atoms with E-state index in [0.717, 1.165) is 45.0 Å². The largest absolute Gasteiger partial charge is 0.396 e. The first-order chi connectivity index (χ1) is 11.6. The minimum atomic E-state index is -0.139. The fourth-order valence-corrected chi connectivity index (χ4v) is 3.22. The number of carbonyl (C=O) groups is 1. The molecule has 2 aliphatic heterocycles. The topological polar surface area (TPSA) is 65.0 Å². The smallest absolute Gasteiger partial charge is 0.219 e. The van der Waals surface area contributed by atoms with Crippen molar-refractivity contribution in [3.05, 3.63) is 29.8 Å². The van der Waals surface area contributed by atoms with E-state index in [0.29, 0.717) is 13.2 Å². The molecular formula is C18H27N3O3. The summed E-state index contributed by atoms with van der Waals surface area (Å²) in [4.78, 5) is 15.7. The number of rotatable bonds is 6. The van der Waals surface area contributed by atoms with E-state index in [1.165, 1.54) is 5.56 Å². The highest BCUT2D eigenvalue weighted by Gasteiger charge is 2.37. The lowest BCUT2D eigenvalue weighted by Gasteiger charge is -2.40. The third-order valence-corrected chi connectivity index (χ3v) is 5.03. The summed E-state index contributed by atoms with van der Waals surface area (Å²) in [6.45, 7) is 8.02. The molecule has 0 aromatic heterocycles. The highest BCUT2D eigenvalue weighted by atomic mass is 16.5. The van der Waals surface area contributed by atoms with E-state index in [9.17, 15) is 9.90 Å². The van der Waals surface area contributed by atoms with Crippen LogP contribution in [0.3, 0.4) is 0 Å². The van der Waals surface area contributed by atoms with Gasteiger partial charge in [0.15, 0.2) is 0 Å². The number of aliphatic hydroxyl groups excluding tert-OH is 1. The second-order valence-corrected chi connectivity index (χ2v) is 6.94. The van der Waals surface area contributed by atoms with Crippen LogP contribution in [0.25, 0.3) is 0 Å². The van der Waals surface area contributed by atoms with Crippen molar-refractivity contribution in [3.63, 3.8) is 0 Å². The quantitative estimate of drug-likeness (QED) is 0.805. The van der Waals surface area contributed by atoms with E-state index in [2.05, 4.69) is 28.4 Å². The fraction of sp³-hybridized carbons (Fsp3) is 0.611. The first kappa shape index (κ1) is 17.2. The van der Waals surface area contributed by atoms with Crippen molar-refractivity contribution in [2.75, 3.05) is 57.9 Å². The summed E-state index contributed by atoms with van der Waals surface area (Å²) < 4.78 is 5.26. The molecule has 132 valence electrons. The van der Waals surface area contributed by atoms with Crippen LogP contribution in [0.5, 0.6) is 0 Å². The fourth-order valence-electron chi connectivity index (χ4n) is 3.22. The minimum Gasteiger partial charge on any atom is -0.396 e. The molecule has 0 spiro atoms. The Morgan fingerprint density at radius 1 is 1.25 bits per heavy atom. The van der Waals surface area contributed by atoms with Crippen LogP contribution in [0, 0.1) is 5.41 Å². The monoisotopic (exact) mass is 333 g/mol. The maximum Gasteiger partial charge on any atom is 0.219 e. The minimum absolute atomic E-state index is 0.139. The van der Waals surface area contributed by atoms with E-state index in [1.807, 2.05) is 11.0 Å². The van der Waals surface area contributed by atoms with Crippen LogP contribution in [0.15, 0.2) is 24.3 Å². The highest BCUT2D eigenvalue weighted by molar-refractivity contribution is 5.73. The standard InChI is InChI=1S/C18H27N3O3/c1-15(23)21-8-6-20(7-9-21)10-16-4-2-3-5-17(16)19-11-18(12-22)13-24-14-18/h2-5,19,22H,6-14H2,1H3. The molecule has 3 rings (SSSR count). The van der Waals surface area contributed by atoms with Gasteiger partial charge in [-0.15, -0.1) is 0 Å². The SMILES string of the molecule is CC(=O)N1CCN(Cc2ccccc2NCC2(CO)COC2)CC1. The Morgan fingerprint density at radius 3 is 2.54 bits per heavy atom. The van der Waals surface area contributed by atoms with Gasteiger partial charge in [-0.1, -0.05) is 18.2 Å². The normalized spacial score (nSPS) is 20.5. The van der Waals surface area contributed by atoms with Gasteiger partial charge >= 0.3 is 0 Å². The number of hydrogen-bond donors (Lipinski definition) is 2.